The van der Waals surface area contributed by atoms with Crippen molar-refractivity contribution < 1.29 is 4.74 Å². The lowest BCUT2D eigenvalue weighted by Crippen LogP contribution is -2.32. The van der Waals surface area contributed by atoms with Gasteiger partial charge in [-0.1, -0.05) is 158 Å². The Balaban J connectivity index is 0.932. The Labute approximate surface area is 382 Å². The van der Waals surface area contributed by atoms with E-state index in [4.69, 9.17) is 4.74 Å². The summed E-state index contributed by atoms with van der Waals surface area (Å²) in [4.78, 5) is 4.67. The third-order valence-corrected chi connectivity index (χ3v) is 14.5. The van der Waals surface area contributed by atoms with Crippen LogP contribution in [0.1, 0.15) is 22.3 Å². The van der Waals surface area contributed by atoms with Crippen molar-refractivity contribution in [2.75, 3.05) is 9.80 Å². The number of anilines is 6. The number of hydrogen-bond donors (Lipinski definition) is 0. The van der Waals surface area contributed by atoms with Crippen molar-refractivity contribution in [2.45, 2.75) is 5.41 Å². The molecule has 0 N–H and O–H groups in total. The molecule has 65 heavy (non-hydrogen) atoms. The van der Waals surface area contributed by atoms with E-state index in [1.54, 1.807) is 0 Å². The fourth-order valence-corrected chi connectivity index (χ4v) is 11.6. The molecule has 306 valence electrons. The highest BCUT2D eigenvalue weighted by Crippen LogP contribution is 2.62. The van der Waals surface area contributed by atoms with Crippen molar-refractivity contribution in [3.05, 3.63) is 265 Å². The molecule has 1 aliphatic heterocycles. The zero-order valence-electron chi connectivity index (χ0n) is 35.3. The molecule has 4 heteroatoms. The van der Waals surface area contributed by atoms with Crippen molar-refractivity contribution >= 4 is 65.6 Å². The van der Waals surface area contributed by atoms with Crippen LogP contribution in [-0.2, 0) is 5.41 Å². The molecule has 1 aromatic heterocycles. The molecule has 1 aliphatic carbocycles. The third-order valence-electron chi connectivity index (χ3n) is 13.3. The van der Waals surface area contributed by atoms with Gasteiger partial charge in [-0.3, -0.25) is 0 Å². The maximum Gasteiger partial charge on any atom is 0.134 e. The minimum Gasteiger partial charge on any atom is -0.457 e. The van der Waals surface area contributed by atoms with E-state index < -0.39 is 5.41 Å². The number of ether oxygens (including phenoxy) is 1. The summed E-state index contributed by atoms with van der Waals surface area (Å²) < 4.78 is 9.55. The normalized spacial score (nSPS) is 12.9. The van der Waals surface area contributed by atoms with Crippen LogP contribution in [0.2, 0.25) is 0 Å². The van der Waals surface area contributed by atoms with Gasteiger partial charge in [-0.05, 0) is 112 Å². The highest BCUT2D eigenvalue weighted by molar-refractivity contribution is 7.25. The van der Waals surface area contributed by atoms with Gasteiger partial charge in [0.05, 0.1) is 5.41 Å². The first-order chi connectivity index (χ1) is 32.2. The first kappa shape index (κ1) is 37.4. The molecule has 0 bridgehead atoms. The van der Waals surface area contributed by atoms with E-state index >= 15 is 0 Å². The SMILES string of the molecule is c1ccc(N(c2ccccc2)c2ccc(-c3ccc(N(c4ccc5c(c4)Oc4ccccc4C54c5ccccc5-c5ccccc54)c4ccc5c(c4)sc4ccccc45)cc3)cc2)cc1. The lowest BCUT2D eigenvalue weighted by Gasteiger charge is -2.40. The molecule has 2 aliphatic rings. The lowest BCUT2D eigenvalue weighted by molar-refractivity contribution is 0.436. The monoisotopic (exact) mass is 848 g/mol. The number of rotatable bonds is 7. The summed E-state index contributed by atoms with van der Waals surface area (Å²) in [5, 5.41) is 2.57. The molecule has 13 rings (SSSR count). The molecule has 10 aromatic carbocycles. The molecule has 0 fully saturated rings. The molecule has 1 spiro atoms. The van der Waals surface area contributed by atoms with Crippen LogP contribution in [0.15, 0.2) is 243 Å². The average Bonchev–Trinajstić information content (AvgIpc) is 3.89. The van der Waals surface area contributed by atoms with Crippen LogP contribution in [0.25, 0.3) is 42.4 Å². The second-order valence-corrected chi connectivity index (χ2v) is 17.9. The summed E-state index contributed by atoms with van der Waals surface area (Å²) in [7, 11) is 0. The quantitative estimate of drug-likeness (QED) is 0.159. The van der Waals surface area contributed by atoms with Gasteiger partial charge in [0.2, 0.25) is 0 Å². The van der Waals surface area contributed by atoms with Crippen LogP contribution in [0, 0.1) is 0 Å². The number of para-hydroxylation sites is 3. The van der Waals surface area contributed by atoms with Crippen molar-refractivity contribution in [3.8, 4) is 33.8 Å². The fraction of sp³-hybridized carbons (Fsp3) is 0.0164. The number of hydrogen-bond acceptors (Lipinski definition) is 4. The van der Waals surface area contributed by atoms with Crippen LogP contribution in [0.5, 0.6) is 11.5 Å². The predicted octanol–water partition coefficient (Wildman–Crippen LogP) is 17.1. The van der Waals surface area contributed by atoms with E-state index in [0.717, 1.165) is 62.3 Å². The Morgan fingerprint density at radius 3 is 1.40 bits per heavy atom. The van der Waals surface area contributed by atoms with Crippen molar-refractivity contribution in [1.29, 1.82) is 0 Å². The number of thiophene rings is 1. The van der Waals surface area contributed by atoms with Crippen molar-refractivity contribution in [2.24, 2.45) is 0 Å². The van der Waals surface area contributed by atoms with E-state index in [2.05, 4.69) is 252 Å². The van der Waals surface area contributed by atoms with Gasteiger partial charge in [0.25, 0.3) is 0 Å². The van der Waals surface area contributed by atoms with Crippen molar-refractivity contribution in [3.63, 3.8) is 0 Å². The molecule has 2 heterocycles. The van der Waals surface area contributed by atoms with E-state index in [-0.39, 0.29) is 0 Å². The molecule has 0 unspecified atom stereocenters. The van der Waals surface area contributed by atoms with Gasteiger partial charge < -0.3 is 14.5 Å². The lowest BCUT2D eigenvalue weighted by atomic mass is 9.66. The predicted molar refractivity (Wildman–Crippen MR) is 272 cm³/mol. The van der Waals surface area contributed by atoms with E-state index in [0.29, 0.717) is 0 Å². The highest BCUT2D eigenvalue weighted by Gasteiger charge is 2.51. The molecule has 11 aromatic rings. The summed E-state index contributed by atoms with van der Waals surface area (Å²) in [5.74, 6) is 1.74. The van der Waals surface area contributed by atoms with Gasteiger partial charge in [0.15, 0.2) is 0 Å². The largest absolute Gasteiger partial charge is 0.457 e. The molecule has 0 amide bonds. The number of nitrogens with zero attached hydrogens (tertiary/aromatic N) is 2. The second-order valence-electron chi connectivity index (χ2n) is 16.8. The summed E-state index contributed by atoms with van der Waals surface area (Å²) in [6.45, 7) is 0. The maximum atomic E-state index is 7.00. The molecular weight excluding hydrogens is 809 g/mol. The molecule has 0 saturated heterocycles. The van der Waals surface area contributed by atoms with Gasteiger partial charge in [0, 0.05) is 71.5 Å². The van der Waals surface area contributed by atoms with Crippen LogP contribution in [0.4, 0.5) is 34.1 Å². The molecular formula is C61H40N2OS. The maximum absolute atomic E-state index is 7.00. The third kappa shape index (κ3) is 5.88. The average molecular weight is 849 g/mol. The standard InChI is InChI=1S/C61H40N2OS/c1-3-15-43(16-4-1)62(44-17-5-2-6-18-44)45-31-27-41(28-32-45)42-29-33-46(34-30-42)63(48-35-37-52-51-21-9-14-26-59(51)65-60(52)40-48)47-36-38-56-58(39-47)64-57-25-13-12-24-55(57)61(56)53-22-10-7-19-49(53)50-20-8-11-23-54(50)61/h1-40H. The molecule has 0 radical (unpaired) electrons. The van der Waals surface area contributed by atoms with Gasteiger partial charge in [-0.25, -0.2) is 0 Å². The topological polar surface area (TPSA) is 15.7 Å². The van der Waals surface area contributed by atoms with Gasteiger partial charge in [0.1, 0.15) is 11.5 Å². The molecule has 0 saturated carbocycles. The highest BCUT2D eigenvalue weighted by atomic mass is 32.1. The Bertz CT molecular complexity index is 3490. The van der Waals surface area contributed by atoms with Crippen LogP contribution in [-0.4, -0.2) is 0 Å². The fourth-order valence-electron chi connectivity index (χ4n) is 10.5. The Kier molecular flexibility index (Phi) is 8.62. The molecule has 0 atom stereocenters. The first-order valence-corrected chi connectivity index (χ1v) is 23.0. The minimum absolute atomic E-state index is 0.521. The summed E-state index contributed by atoms with van der Waals surface area (Å²) in [6, 6.07) is 87.8. The first-order valence-electron chi connectivity index (χ1n) is 22.2. The minimum atomic E-state index is -0.521. The van der Waals surface area contributed by atoms with E-state index in [9.17, 15) is 0 Å². The Morgan fingerprint density at radius 1 is 0.308 bits per heavy atom. The van der Waals surface area contributed by atoms with Crippen LogP contribution in [0.3, 0.4) is 0 Å². The Hall–Kier alpha value is -8.18. The van der Waals surface area contributed by atoms with Gasteiger partial charge in [-0.2, -0.15) is 0 Å². The second kappa shape index (κ2) is 15.0. The zero-order chi connectivity index (χ0) is 42.9. The van der Waals surface area contributed by atoms with Crippen LogP contribution >= 0.6 is 11.3 Å². The van der Waals surface area contributed by atoms with E-state index in [1.807, 2.05) is 11.3 Å². The smallest absolute Gasteiger partial charge is 0.134 e. The van der Waals surface area contributed by atoms with Crippen LogP contribution < -0.4 is 14.5 Å². The number of benzene rings is 10. The van der Waals surface area contributed by atoms with E-state index in [1.165, 1.54) is 48.0 Å². The summed E-state index contributed by atoms with van der Waals surface area (Å²) >= 11 is 1.84. The summed E-state index contributed by atoms with van der Waals surface area (Å²) in [5.41, 5.74) is 15.7. The molecule has 3 nitrogen and oxygen atoms in total. The Morgan fingerprint density at radius 2 is 0.754 bits per heavy atom. The summed E-state index contributed by atoms with van der Waals surface area (Å²) in [6.07, 6.45) is 0. The van der Waals surface area contributed by atoms with Gasteiger partial charge in [-0.15, -0.1) is 11.3 Å². The van der Waals surface area contributed by atoms with Crippen molar-refractivity contribution in [1.82, 2.24) is 0 Å². The zero-order valence-corrected chi connectivity index (χ0v) is 36.1. The van der Waals surface area contributed by atoms with Gasteiger partial charge >= 0.3 is 0 Å². The number of fused-ring (bicyclic) bond motifs is 12.